The van der Waals surface area contributed by atoms with E-state index in [2.05, 4.69) is 20.3 Å². The molecule has 0 saturated carbocycles. The van der Waals surface area contributed by atoms with Gasteiger partial charge in [0, 0.05) is 6.61 Å². The molecule has 1 unspecified atom stereocenters. The maximum Gasteiger partial charge on any atom is 0.243 e. The molecule has 0 spiro atoms. The summed E-state index contributed by atoms with van der Waals surface area (Å²) >= 11 is 0. The Morgan fingerprint density at radius 2 is 2.21 bits per heavy atom. The molecule has 1 amide bonds. The van der Waals surface area contributed by atoms with Gasteiger partial charge in [-0.25, -0.2) is 15.0 Å². The van der Waals surface area contributed by atoms with Gasteiger partial charge in [-0.3, -0.25) is 9.36 Å². The van der Waals surface area contributed by atoms with Crippen LogP contribution < -0.4 is 11.1 Å². The van der Waals surface area contributed by atoms with Crippen LogP contribution in [-0.2, 0) is 19.0 Å². The van der Waals surface area contributed by atoms with Crippen molar-refractivity contribution in [1.29, 1.82) is 0 Å². The topological polar surface area (TPSA) is 167 Å². The van der Waals surface area contributed by atoms with Crippen molar-refractivity contribution in [2.24, 2.45) is 5.73 Å². The fourth-order valence-electron chi connectivity index (χ4n) is 3.36. The molecule has 5 N–H and O–H groups in total. The third-order valence-corrected chi connectivity index (χ3v) is 4.77. The molecule has 0 aromatic carbocycles. The largest absolute Gasteiger partial charge is 0.387 e. The van der Waals surface area contributed by atoms with Gasteiger partial charge in [-0.15, -0.1) is 0 Å². The number of hydrogen-bond donors (Lipinski definition) is 4. The van der Waals surface area contributed by atoms with Gasteiger partial charge in [0.1, 0.15) is 31.2 Å². The van der Waals surface area contributed by atoms with Crippen LogP contribution in [0.3, 0.4) is 0 Å². The number of hydrogen-bond acceptors (Lipinski definition) is 10. The number of anilines is 1. The molecule has 28 heavy (non-hydrogen) atoms. The minimum atomic E-state index is -1.23. The zero-order valence-corrected chi connectivity index (χ0v) is 15.0. The molecule has 2 aliphatic rings. The number of aliphatic hydroxyl groups excluding tert-OH is 2. The van der Waals surface area contributed by atoms with Gasteiger partial charge in [-0.2, -0.15) is 0 Å². The van der Waals surface area contributed by atoms with E-state index < -0.39 is 30.4 Å². The quantitative estimate of drug-likeness (QED) is 0.418. The van der Waals surface area contributed by atoms with E-state index in [9.17, 15) is 15.0 Å². The molecule has 2 saturated heterocycles. The molecule has 152 valence electrons. The van der Waals surface area contributed by atoms with E-state index in [0.717, 1.165) is 6.42 Å². The van der Waals surface area contributed by atoms with Crippen LogP contribution in [-0.4, -0.2) is 86.4 Å². The average molecular weight is 394 g/mol. The third kappa shape index (κ3) is 3.64. The Kier molecular flexibility index (Phi) is 5.37. The van der Waals surface area contributed by atoms with Crippen LogP contribution in [0.5, 0.6) is 0 Å². The molecular formula is C16H22N6O6. The smallest absolute Gasteiger partial charge is 0.243 e. The number of rotatable bonds is 7. The monoisotopic (exact) mass is 394 g/mol. The van der Waals surface area contributed by atoms with Crippen LogP contribution in [0.2, 0.25) is 0 Å². The van der Waals surface area contributed by atoms with Crippen molar-refractivity contribution in [3.8, 4) is 0 Å². The molecule has 2 aliphatic heterocycles. The second-order valence-corrected chi connectivity index (χ2v) is 6.78. The highest BCUT2D eigenvalue weighted by Gasteiger charge is 2.44. The van der Waals surface area contributed by atoms with E-state index in [1.54, 1.807) is 0 Å². The summed E-state index contributed by atoms with van der Waals surface area (Å²) in [6.45, 7) is 0.900. The van der Waals surface area contributed by atoms with Crippen LogP contribution in [0.1, 0.15) is 12.6 Å². The number of ether oxygens (including phenoxy) is 3. The molecule has 0 aliphatic carbocycles. The van der Waals surface area contributed by atoms with Crippen LogP contribution >= 0.6 is 0 Å². The molecular weight excluding hydrogens is 372 g/mol. The number of carbonyl (C=O) groups excluding carboxylic acids is 1. The van der Waals surface area contributed by atoms with E-state index in [0.29, 0.717) is 30.2 Å². The SMILES string of the molecule is NC(=O)COC[C@H]1OC(n2cnc3c(N[C@@H]4CCOC4)ncnc32)[C@H](O)[C@@H]1O. The van der Waals surface area contributed by atoms with Gasteiger partial charge >= 0.3 is 0 Å². The van der Waals surface area contributed by atoms with E-state index >= 15 is 0 Å². The van der Waals surface area contributed by atoms with Gasteiger partial charge in [0.05, 0.1) is 25.6 Å². The van der Waals surface area contributed by atoms with Gasteiger partial charge in [0.15, 0.2) is 23.2 Å². The van der Waals surface area contributed by atoms with Crippen molar-refractivity contribution in [2.75, 3.05) is 31.7 Å². The Balaban J connectivity index is 1.53. The number of fused-ring (bicyclic) bond motifs is 1. The highest BCUT2D eigenvalue weighted by molar-refractivity contribution is 5.82. The zero-order chi connectivity index (χ0) is 19.7. The summed E-state index contributed by atoms with van der Waals surface area (Å²) in [6.07, 6.45) is -0.436. The fourth-order valence-corrected chi connectivity index (χ4v) is 3.36. The maximum atomic E-state index is 10.8. The van der Waals surface area contributed by atoms with E-state index in [-0.39, 0.29) is 19.3 Å². The summed E-state index contributed by atoms with van der Waals surface area (Å²) in [5, 5.41) is 24.0. The third-order valence-electron chi connectivity index (χ3n) is 4.77. The van der Waals surface area contributed by atoms with Crippen LogP contribution in [0, 0.1) is 0 Å². The highest BCUT2D eigenvalue weighted by atomic mass is 16.6. The summed E-state index contributed by atoms with van der Waals surface area (Å²) in [6, 6.07) is 0.144. The number of aromatic nitrogens is 4. The first-order valence-corrected chi connectivity index (χ1v) is 8.94. The minimum absolute atomic E-state index is 0.0895. The van der Waals surface area contributed by atoms with Crippen LogP contribution in [0.4, 0.5) is 5.82 Å². The van der Waals surface area contributed by atoms with Crippen molar-refractivity contribution >= 4 is 22.9 Å². The zero-order valence-electron chi connectivity index (χ0n) is 15.0. The first-order valence-electron chi connectivity index (χ1n) is 8.94. The predicted molar refractivity (Wildman–Crippen MR) is 94.1 cm³/mol. The molecule has 0 bridgehead atoms. The fraction of sp³-hybridized carbons (Fsp3) is 0.625. The Morgan fingerprint density at radius 3 is 2.96 bits per heavy atom. The number of carbonyl (C=O) groups is 1. The number of primary amides is 1. The Labute approximate surface area is 159 Å². The van der Waals surface area contributed by atoms with E-state index in [1.165, 1.54) is 17.2 Å². The number of aliphatic hydroxyl groups is 2. The number of nitrogens with one attached hydrogen (secondary N) is 1. The number of amides is 1. The second kappa shape index (κ2) is 7.93. The van der Waals surface area contributed by atoms with Crippen molar-refractivity contribution in [1.82, 2.24) is 19.5 Å². The summed E-state index contributed by atoms with van der Waals surface area (Å²) < 4.78 is 17.7. The molecule has 12 heteroatoms. The van der Waals surface area contributed by atoms with Gasteiger partial charge < -0.3 is 35.5 Å². The number of imidazole rings is 1. The summed E-state index contributed by atoms with van der Waals surface area (Å²) in [5.74, 6) is -0.0665. The molecule has 4 rings (SSSR count). The van der Waals surface area contributed by atoms with Crippen LogP contribution in [0.25, 0.3) is 11.2 Å². The Bertz CT molecular complexity index is 840. The van der Waals surface area contributed by atoms with Gasteiger partial charge in [0.2, 0.25) is 5.91 Å². The lowest BCUT2D eigenvalue weighted by Gasteiger charge is -2.17. The van der Waals surface area contributed by atoms with Gasteiger partial charge in [0.25, 0.3) is 0 Å². The Hall–Kier alpha value is -2.38. The summed E-state index contributed by atoms with van der Waals surface area (Å²) in [5.41, 5.74) is 5.99. The average Bonchev–Trinajstić information content (AvgIpc) is 3.38. The second-order valence-electron chi connectivity index (χ2n) is 6.78. The number of nitrogens with zero attached hydrogens (tertiary/aromatic N) is 4. The van der Waals surface area contributed by atoms with Crippen molar-refractivity contribution in [3.05, 3.63) is 12.7 Å². The first kappa shape index (κ1) is 19.0. The molecule has 2 aromatic rings. The lowest BCUT2D eigenvalue weighted by Crippen LogP contribution is -2.34. The predicted octanol–water partition coefficient (Wildman–Crippen LogP) is -1.85. The normalized spacial score (nSPS) is 30.1. The van der Waals surface area contributed by atoms with Gasteiger partial charge in [-0.1, -0.05) is 0 Å². The maximum absolute atomic E-state index is 10.8. The van der Waals surface area contributed by atoms with Crippen LogP contribution in [0.15, 0.2) is 12.7 Å². The molecule has 5 atom stereocenters. The van der Waals surface area contributed by atoms with Crippen molar-refractivity contribution in [2.45, 2.75) is 37.0 Å². The first-order chi connectivity index (χ1) is 13.5. The number of nitrogens with two attached hydrogens (primary N) is 1. The molecule has 4 heterocycles. The molecule has 12 nitrogen and oxygen atoms in total. The van der Waals surface area contributed by atoms with E-state index in [4.69, 9.17) is 19.9 Å². The molecule has 2 aromatic heterocycles. The lowest BCUT2D eigenvalue weighted by atomic mass is 10.1. The highest BCUT2D eigenvalue weighted by Crippen LogP contribution is 2.32. The standard InChI is InChI=1S/C16H22N6O6/c17-10(23)5-27-4-9-12(24)13(25)16(28-9)22-7-20-11-14(18-6-19-15(11)22)21-8-1-2-26-3-8/h6-9,12-13,16,24-25H,1-5H2,(H2,17,23)(H,18,19,21)/t8-,9-,12-,13-,16?/m1/s1. The van der Waals surface area contributed by atoms with Gasteiger partial charge in [-0.05, 0) is 6.42 Å². The summed E-state index contributed by atoms with van der Waals surface area (Å²) in [4.78, 5) is 23.6. The minimum Gasteiger partial charge on any atom is -0.387 e. The molecule has 2 fully saturated rings. The van der Waals surface area contributed by atoms with Crippen molar-refractivity contribution in [3.63, 3.8) is 0 Å². The summed E-state index contributed by atoms with van der Waals surface area (Å²) in [7, 11) is 0. The Morgan fingerprint density at radius 1 is 1.36 bits per heavy atom. The molecule has 0 radical (unpaired) electrons. The van der Waals surface area contributed by atoms with E-state index in [1.807, 2.05) is 0 Å². The lowest BCUT2D eigenvalue weighted by molar-refractivity contribution is -0.125. The van der Waals surface area contributed by atoms with Crippen molar-refractivity contribution < 1.29 is 29.2 Å².